The largest absolute Gasteiger partial charge is 0.461 e. The second-order valence-electron chi connectivity index (χ2n) is 7.02. The maximum Gasteiger partial charge on any atom is 0.216 e. The molecule has 2 unspecified atom stereocenters. The number of hydrogen-bond donors (Lipinski definition) is 2. The average Bonchev–Trinajstić information content (AvgIpc) is 3.38. The number of aromatic amines is 1. The molecular formula is C18H27IN6O. The summed E-state index contributed by atoms with van der Waals surface area (Å²) in [5.74, 6) is 4.87. The van der Waals surface area contributed by atoms with Gasteiger partial charge in [0.05, 0.1) is 6.26 Å². The number of H-pyrrole nitrogens is 1. The zero-order chi connectivity index (χ0) is 17.1. The van der Waals surface area contributed by atoms with Crippen LogP contribution in [0.3, 0.4) is 0 Å². The number of hydrogen-bond acceptors (Lipinski definition) is 4. The molecule has 7 nitrogen and oxygen atoms in total. The van der Waals surface area contributed by atoms with Gasteiger partial charge in [0.25, 0.3) is 0 Å². The van der Waals surface area contributed by atoms with Gasteiger partial charge in [-0.2, -0.15) is 5.10 Å². The molecule has 2 atom stereocenters. The Balaban J connectivity index is 0.00000196. The summed E-state index contributed by atoms with van der Waals surface area (Å²) in [6, 6.07) is 3.70. The molecule has 2 aliphatic rings. The zero-order valence-corrected chi connectivity index (χ0v) is 17.5. The van der Waals surface area contributed by atoms with Gasteiger partial charge in [-0.3, -0.25) is 10.1 Å². The van der Waals surface area contributed by atoms with E-state index in [1.165, 1.54) is 25.7 Å². The van der Waals surface area contributed by atoms with Crippen LogP contribution < -0.4 is 5.32 Å². The van der Waals surface area contributed by atoms with Crippen molar-refractivity contribution in [3.05, 3.63) is 24.2 Å². The number of likely N-dealkylation sites (tertiary alicyclic amines) is 1. The molecule has 1 saturated heterocycles. The first-order chi connectivity index (χ1) is 12.3. The third-order valence-electron chi connectivity index (χ3n) is 5.41. The van der Waals surface area contributed by atoms with Gasteiger partial charge in [0, 0.05) is 33.1 Å². The maximum absolute atomic E-state index is 5.32. The van der Waals surface area contributed by atoms with Gasteiger partial charge < -0.3 is 14.6 Å². The topological polar surface area (TPSA) is 82.3 Å². The van der Waals surface area contributed by atoms with Crippen molar-refractivity contribution in [3.8, 4) is 11.6 Å². The number of rotatable bonds is 4. The summed E-state index contributed by atoms with van der Waals surface area (Å²) in [5, 5.41) is 10.7. The quantitative estimate of drug-likeness (QED) is 0.408. The van der Waals surface area contributed by atoms with E-state index in [0.29, 0.717) is 11.6 Å². The number of aromatic nitrogens is 3. The second kappa shape index (κ2) is 8.88. The van der Waals surface area contributed by atoms with Gasteiger partial charge in [-0.25, -0.2) is 4.98 Å². The molecule has 2 fully saturated rings. The minimum Gasteiger partial charge on any atom is -0.461 e. The molecule has 1 saturated carbocycles. The van der Waals surface area contributed by atoms with Crippen molar-refractivity contribution >= 4 is 29.9 Å². The Kier molecular flexibility index (Phi) is 6.55. The SMILES string of the molecule is CN=C(NCCc1nc(-c2ccco2)n[nH]1)N1CC2CCCCC2C1.I. The highest BCUT2D eigenvalue weighted by Gasteiger charge is 2.35. The summed E-state index contributed by atoms with van der Waals surface area (Å²) in [6.07, 6.45) is 7.95. The van der Waals surface area contributed by atoms with E-state index < -0.39 is 0 Å². The summed E-state index contributed by atoms with van der Waals surface area (Å²) < 4.78 is 5.32. The number of fused-ring (bicyclic) bond motifs is 1. The molecule has 142 valence electrons. The molecule has 0 amide bonds. The van der Waals surface area contributed by atoms with Gasteiger partial charge in [0.15, 0.2) is 11.7 Å². The molecule has 0 spiro atoms. The first-order valence-corrected chi connectivity index (χ1v) is 9.24. The standard InChI is InChI=1S/C18H26N6O.HI/c1-19-18(24-11-13-5-2-3-6-14(13)12-24)20-9-8-16-21-17(23-22-16)15-7-4-10-25-15;/h4,7,10,13-14H,2-3,5-6,8-9,11-12H2,1H3,(H,19,20)(H,21,22,23);1H. The Labute approximate surface area is 171 Å². The average molecular weight is 470 g/mol. The molecule has 1 aliphatic heterocycles. The zero-order valence-electron chi connectivity index (χ0n) is 15.1. The molecule has 4 rings (SSSR count). The molecule has 8 heteroatoms. The molecule has 2 aromatic heterocycles. The van der Waals surface area contributed by atoms with E-state index in [0.717, 1.165) is 49.7 Å². The molecule has 2 aromatic rings. The van der Waals surface area contributed by atoms with Crippen molar-refractivity contribution in [2.45, 2.75) is 32.1 Å². The minimum absolute atomic E-state index is 0. The first kappa shape index (κ1) is 19.2. The number of nitrogens with one attached hydrogen (secondary N) is 2. The summed E-state index contributed by atoms with van der Waals surface area (Å²) >= 11 is 0. The summed E-state index contributed by atoms with van der Waals surface area (Å²) in [6.45, 7) is 3.08. The van der Waals surface area contributed by atoms with Crippen LogP contribution in [0, 0.1) is 11.8 Å². The highest BCUT2D eigenvalue weighted by Crippen LogP contribution is 2.35. The third kappa shape index (κ3) is 4.21. The summed E-state index contributed by atoms with van der Waals surface area (Å²) in [7, 11) is 1.87. The van der Waals surface area contributed by atoms with Gasteiger partial charge in [-0.05, 0) is 36.8 Å². The lowest BCUT2D eigenvalue weighted by Gasteiger charge is -2.22. The Morgan fingerprint density at radius 3 is 2.77 bits per heavy atom. The lowest BCUT2D eigenvalue weighted by Crippen LogP contribution is -2.41. The molecular weight excluding hydrogens is 443 g/mol. The number of nitrogens with zero attached hydrogens (tertiary/aromatic N) is 4. The van der Waals surface area contributed by atoms with Gasteiger partial charge in [-0.1, -0.05) is 12.8 Å². The van der Waals surface area contributed by atoms with Crippen LogP contribution in [-0.2, 0) is 6.42 Å². The van der Waals surface area contributed by atoms with Gasteiger partial charge >= 0.3 is 0 Å². The number of halogens is 1. The highest BCUT2D eigenvalue weighted by molar-refractivity contribution is 14.0. The fourth-order valence-electron chi connectivity index (χ4n) is 4.13. The van der Waals surface area contributed by atoms with Crippen LogP contribution in [0.25, 0.3) is 11.6 Å². The Morgan fingerprint density at radius 2 is 2.12 bits per heavy atom. The van der Waals surface area contributed by atoms with E-state index in [1.54, 1.807) is 6.26 Å². The Hall–Kier alpha value is -1.58. The smallest absolute Gasteiger partial charge is 0.216 e. The lowest BCUT2D eigenvalue weighted by atomic mass is 9.82. The van der Waals surface area contributed by atoms with Crippen molar-refractivity contribution in [1.29, 1.82) is 0 Å². The van der Waals surface area contributed by atoms with E-state index in [-0.39, 0.29) is 24.0 Å². The molecule has 0 bridgehead atoms. The summed E-state index contributed by atoms with van der Waals surface area (Å²) in [5.41, 5.74) is 0. The Bertz CT molecular complexity index is 699. The molecule has 0 aromatic carbocycles. The predicted molar refractivity (Wildman–Crippen MR) is 112 cm³/mol. The van der Waals surface area contributed by atoms with E-state index in [9.17, 15) is 0 Å². The first-order valence-electron chi connectivity index (χ1n) is 9.24. The van der Waals surface area contributed by atoms with Crippen LogP contribution >= 0.6 is 24.0 Å². The van der Waals surface area contributed by atoms with Crippen molar-refractivity contribution < 1.29 is 4.42 Å². The van der Waals surface area contributed by atoms with Gasteiger partial charge in [-0.15, -0.1) is 24.0 Å². The minimum atomic E-state index is 0. The molecule has 26 heavy (non-hydrogen) atoms. The predicted octanol–water partition coefficient (Wildman–Crippen LogP) is 2.92. The normalized spacial score (nSPS) is 22.8. The third-order valence-corrected chi connectivity index (χ3v) is 5.41. The van der Waals surface area contributed by atoms with E-state index >= 15 is 0 Å². The van der Waals surface area contributed by atoms with E-state index in [1.807, 2.05) is 19.2 Å². The maximum atomic E-state index is 5.32. The summed E-state index contributed by atoms with van der Waals surface area (Å²) in [4.78, 5) is 11.4. The van der Waals surface area contributed by atoms with E-state index in [2.05, 4.69) is 30.4 Å². The molecule has 3 heterocycles. The van der Waals surface area contributed by atoms with Crippen LogP contribution in [-0.4, -0.2) is 52.7 Å². The van der Waals surface area contributed by atoms with Crippen molar-refractivity contribution in [3.63, 3.8) is 0 Å². The van der Waals surface area contributed by atoms with Crippen LogP contribution in [0.15, 0.2) is 27.8 Å². The van der Waals surface area contributed by atoms with E-state index in [4.69, 9.17) is 4.42 Å². The lowest BCUT2D eigenvalue weighted by molar-refractivity contribution is 0.299. The fraction of sp³-hybridized carbons (Fsp3) is 0.611. The van der Waals surface area contributed by atoms with Crippen molar-refractivity contribution in [2.75, 3.05) is 26.7 Å². The highest BCUT2D eigenvalue weighted by atomic mass is 127. The van der Waals surface area contributed by atoms with Crippen LogP contribution in [0.4, 0.5) is 0 Å². The fourth-order valence-corrected chi connectivity index (χ4v) is 4.13. The molecule has 1 aliphatic carbocycles. The Morgan fingerprint density at radius 1 is 1.35 bits per heavy atom. The van der Waals surface area contributed by atoms with Crippen LogP contribution in [0.1, 0.15) is 31.5 Å². The number of guanidine groups is 1. The number of furan rings is 1. The molecule has 0 radical (unpaired) electrons. The van der Waals surface area contributed by atoms with Crippen LogP contribution in [0.5, 0.6) is 0 Å². The molecule has 2 N–H and O–H groups in total. The number of aliphatic imine (C=N–C) groups is 1. The van der Waals surface area contributed by atoms with Gasteiger partial charge in [0.1, 0.15) is 5.82 Å². The van der Waals surface area contributed by atoms with Gasteiger partial charge in [0.2, 0.25) is 5.82 Å². The second-order valence-corrected chi connectivity index (χ2v) is 7.02. The van der Waals surface area contributed by atoms with Crippen molar-refractivity contribution in [2.24, 2.45) is 16.8 Å². The van der Waals surface area contributed by atoms with Crippen LogP contribution in [0.2, 0.25) is 0 Å². The van der Waals surface area contributed by atoms with Crippen molar-refractivity contribution in [1.82, 2.24) is 25.4 Å². The monoisotopic (exact) mass is 470 g/mol.